The number of carbonyl (C=O) groups excluding carboxylic acids is 1. The predicted octanol–water partition coefficient (Wildman–Crippen LogP) is 3.11. The highest BCUT2D eigenvalue weighted by atomic mass is 79.9. The summed E-state index contributed by atoms with van der Waals surface area (Å²) < 4.78 is 19.0. The molecule has 1 amide bonds. The minimum absolute atomic E-state index is 0.289. The molecule has 2 rings (SSSR count). The lowest BCUT2D eigenvalue weighted by Crippen LogP contribution is -2.53. The standard InChI is InChI=1S/C13H14BrClFNO2/c14-10-2-1-9(7-11(10)16)12(18)17-13(8-15)3-5-19-6-4-13/h1-2,7H,3-6,8H2,(H,17,18). The van der Waals surface area contributed by atoms with E-state index in [0.717, 1.165) is 0 Å². The van der Waals surface area contributed by atoms with Gasteiger partial charge in [-0.15, -0.1) is 11.6 Å². The molecule has 1 saturated heterocycles. The second-order valence-electron chi connectivity index (χ2n) is 4.61. The molecule has 1 heterocycles. The quantitative estimate of drug-likeness (QED) is 0.851. The van der Waals surface area contributed by atoms with Crippen LogP contribution < -0.4 is 5.32 Å². The van der Waals surface area contributed by atoms with Gasteiger partial charge in [0.2, 0.25) is 0 Å². The summed E-state index contributed by atoms with van der Waals surface area (Å²) in [6, 6.07) is 4.30. The zero-order valence-corrected chi connectivity index (χ0v) is 12.6. The van der Waals surface area contributed by atoms with Crippen LogP contribution >= 0.6 is 27.5 Å². The minimum atomic E-state index is -0.459. The molecule has 104 valence electrons. The third-order valence-corrected chi connectivity index (χ3v) is 4.42. The zero-order valence-electron chi connectivity index (χ0n) is 10.2. The average molecular weight is 351 g/mol. The summed E-state index contributed by atoms with van der Waals surface area (Å²) in [7, 11) is 0. The Morgan fingerprint density at radius 1 is 1.47 bits per heavy atom. The van der Waals surface area contributed by atoms with E-state index in [1.165, 1.54) is 12.1 Å². The monoisotopic (exact) mass is 349 g/mol. The Labute approximate surface area is 124 Å². The van der Waals surface area contributed by atoms with Crippen molar-refractivity contribution in [1.29, 1.82) is 0 Å². The summed E-state index contributed by atoms with van der Waals surface area (Å²) in [5.74, 6) is -0.449. The van der Waals surface area contributed by atoms with Gasteiger partial charge in [0.1, 0.15) is 5.82 Å². The minimum Gasteiger partial charge on any atom is -0.381 e. The van der Waals surface area contributed by atoms with E-state index in [-0.39, 0.29) is 11.5 Å². The van der Waals surface area contributed by atoms with E-state index in [1.807, 2.05) is 0 Å². The average Bonchev–Trinajstić information content (AvgIpc) is 2.43. The van der Waals surface area contributed by atoms with Crippen molar-refractivity contribution in [3.63, 3.8) is 0 Å². The third kappa shape index (κ3) is 3.46. The molecular weight excluding hydrogens is 337 g/mol. The van der Waals surface area contributed by atoms with Gasteiger partial charge in [0.05, 0.1) is 10.0 Å². The van der Waals surface area contributed by atoms with E-state index in [1.54, 1.807) is 6.07 Å². The predicted molar refractivity (Wildman–Crippen MR) is 75.1 cm³/mol. The lowest BCUT2D eigenvalue weighted by atomic mass is 9.92. The van der Waals surface area contributed by atoms with Crippen molar-refractivity contribution < 1.29 is 13.9 Å². The van der Waals surface area contributed by atoms with Crippen molar-refractivity contribution in [3.05, 3.63) is 34.1 Å². The first kappa shape index (κ1) is 14.8. The molecule has 0 bridgehead atoms. The van der Waals surface area contributed by atoms with E-state index in [2.05, 4.69) is 21.2 Å². The number of halogens is 3. The molecule has 0 aliphatic carbocycles. The first-order valence-corrected chi connectivity index (χ1v) is 7.30. The first-order valence-electron chi connectivity index (χ1n) is 5.98. The third-order valence-electron chi connectivity index (χ3n) is 3.27. The van der Waals surface area contributed by atoms with Crippen LogP contribution in [0.25, 0.3) is 0 Å². The second kappa shape index (κ2) is 6.20. The molecule has 19 heavy (non-hydrogen) atoms. The summed E-state index contributed by atoms with van der Waals surface area (Å²) in [5, 5.41) is 2.91. The van der Waals surface area contributed by atoms with Crippen LogP contribution in [0.4, 0.5) is 4.39 Å². The van der Waals surface area contributed by atoms with Gasteiger partial charge in [0.25, 0.3) is 5.91 Å². The fourth-order valence-electron chi connectivity index (χ4n) is 2.00. The Bertz CT molecular complexity index is 478. The maximum atomic E-state index is 13.4. The van der Waals surface area contributed by atoms with Crippen LogP contribution in [0.1, 0.15) is 23.2 Å². The number of carbonyl (C=O) groups is 1. The van der Waals surface area contributed by atoms with Gasteiger partial charge >= 0.3 is 0 Å². The summed E-state index contributed by atoms with van der Waals surface area (Å²) in [5.41, 5.74) is -0.169. The summed E-state index contributed by atoms with van der Waals surface area (Å²) >= 11 is 9.03. The molecule has 1 N–H and O–H groups in total. The molecule has 1 aromatic carbocycles. The Balaban J connectivity index is 2.12. The van der Waals surface area contributed by atoms with E-state index < -0.39 is 11.4 Å². The van der Waals surface area contributed by atoms with Crippen LogP contribution in [0.3, 0.4) is 0 Å². The van der Waals surface area contributed by atoms with Crippen molar-refractivity contribution in [3.8, 4) is 0 Å². The molecule has 0 saturated carbocycles. The Kier molecular flexibility index (Phi) is 4.81. The van der Waals surface area contributed by atoms with Gasteiger partial charge in [-0.2, -0.15) is 0 Å². The lowest BCUT2D eigenvalue weighted by molar-refractivity contribution is 0.0433. The highest BCUT2D eigenvalue weighted by molar-refractivity contribution is 9.10. The van der Waals surface area contributed by atoms with Crippen LogP contribution in [0.15, 0.2) is 22.7 Å². The lowest BCUT2D eigenvalue weighted by Gasteiger charge is -2.36. The molecule has 1 fully saturated rings. The van der Waals surface area contributed by atoms with E-state index >= 15 is 0 Å². The maximum absolute atomic E-state index is 13.4. The van der Waals surface area contributed by atoms with Gasteiger partial charge in [-0.05, 0) is 47.0 Å². The normalized spacial score (nSPS) is 18.1. The molecule has 0 atom stereocenters. The van der Waals surface area contributed by atoms with Gasteiger partial charge in [0, 0.05) is 24.7 Å². The molecule has 0 unspecified atom stereocenters. The van der Waals surface area contributed by atoms with Gasteiger partial charge in [0.15, 0.2) is 0 Å². The van der Waals surface area contributed by atoms with Crippen molar-refractivity contribution in [1.82, 2.24) is 5.32 Å². The van der Waals surface area contributed by atoms with Crippen LogP contribution in [0.5, 0.6) is 0 Å². The zero-order chi connectivity index (χ0) is 13.9. The molecule has 0 aromatic heterocycles. The van der Waals surface area contributed by atoms with Gasteiger partial charge in [-0.25, -0.2) is 4.39 Å². The topological polar surface area (TPSA) is 38.3 Å². The Hall–Kier alpha value is -0.650. The SMILES string of the molecule is O=C(NC1(CCl)CCOCC1)c1ccc(Br)c(F)c1. The number of nitrogens with one attached hydrogen (secondary N) is 1. The number of hydrogen-bond donors (Lipinski definition) is 1. The van der Waals surface area contributed by atoms with E-state index in [0.29, 0.717) is 36.4 Å². The summed E-state index contributed by atoms with van der Waals surface area (Å²) in [4.78, 5) is 12.1. The van der Waals surface area contributed by atoms with Gasteiger partial charge in [-0.1, -0.05) is 0 Å². The van der Waals surface area contributed by atoms with Crippen molar-refractivity contribution in [2.24, 2.45) is 0 Å². The number of benzene rings is 1. The maximum Gasteiger partial charge on any atom is 0.251 e. The largest absolute Gasteiger partial charge is 0.381 e. The second-order valence-corrected chi connectivity index (χ2v) is 5.73. The first-order chi connectivity index (χ1) is 9.06. The molecule has 1 aliphatic heterocycles. The molecular formula is C13H14BrClFNO2. The highest BCUT2D eigenvalue weighted by Crippen LogP contribution is 2.23. The number of ether oxygens (including phenoxy) is 1. The number of alkyl halides is 1. The Morgan fingerprint density at radius 3 is 2.74 bits per heavy atom. The number of rotatable bonds is 3. The van der Waals surface area contributed by atoms with Crippen LogP contribution in [0.2, 0.25) is 0 Å². The van der Waals surface area contributed by atoms with Gasteiger partial charge in [-0.3, -0.25) is 4.79 Å². The van der Waals surface area contributed by atoms with Crippen molar-refractivity contribution in [2.75, 3.05) is 19.1 Å². The molecule has 6 heteroatoms. The Morgan fingerprint density at radius 2 is 2.16 bits per heavy atom. The summed E-state index contributed by atoms with van der Waals surface area (Å²) in [6.07, 6.45) is 1.34. The molecule has 1 aromatic rings. The van der Waals surface area contributed by atoms with Crippen molar-refractivity contribution in [2.45, 2.75) is 18.4 Å². The van der Waals surface area contributed by atoms with E-state index in [9.17, 15) is 9.18 Å². The van der Waals surface area contributed by atoms with Crippen LogP contribution in [-0.4, -0.2) is 30.5 Å². The molecule has 0 spiro atoms. The van der Waals surface area contributed by atoms with Crippen molar-refractivity contribution >= 4 is 33.4 Å². The fourth-order valence-corrected chi connectivity index (χ4v) is 2.59. The van der Waals surface area contributed by atoms with Gasteiger partial charge < -0.3 is 10.1 Å². The number of amides is 1. The summed E-state index contributed by atoms with van der Waals surface area (Å²) in [6.45, 7) is 1.14. The molecule has 1 aliphatic rings. The fraction of sp³-hybridized carbons (Fsp3) is 0.462. The van der Waals surface area contributed by atoms with Crippen LogP contribution in [-0.2, 0) is 4.74 Å². The van der Waals surface area contributed by atoms with E-state index in [4.69, 9.17) is 16.3 Å². The highest BCUT2D eigenvalue weighted by Gasteiger charge is 2.33. The number of hydrogen-bond acceptors (Lipinski definition) is 2. The molecule has 3 nitrogen and oxygen atoms in total. The molecule has 0 radical (unpaired) electrons. The van der Waals surface area contributed by atoms with Crippen LogP contribution in [0, 0.1) is 5.82 Å². The smallest absolute Gasteiger partial charge is 0.251 e.